The number of likely N-dealkylation sites (N-methyl/N-ethyl adjacent to an activating group) is 1. The molecule has 1 unspecified atom stereocenters. The maximum Gasteiger partial charge on any atom is 0.221 e. The molecule has 0 fully saturated rings. The number of halogens is 1. The first kappa shape index (κ1) is 14.2. The number of ketones is 1. The second-order valence-electron chi connectivity index (χ2n) is 4.07. The van der Waals surface area contributed by atoms with Crippen molar-refractivity contribution in [3.05, 3.63) is 23.4 Å². The molecule has 0 aliphatic heterocycles. The molecule has 96 valence electrons. The molecule has 1 rings (SSSR count). The Labute approximate surface area is 107 Å². The van der Waals surface area contributed by atoms with E-state index in [2.05, 4.69) is 6.58 Å². The van der Waals surface area contributed by atoms with Crippen LogP contribution in [0.5, 0.6) is 0 Å². The molecule has 0 radical (unpaired) electrons. The topological polar surface area (TPSA) is 38.8 Å². The molecule has 0 heterocycles. The van der Waals surface area contributed by atoms with E-state index in [4.69, 9.17) is 21.1 Å². The molecule has 0 amide bonds. The van der Waals surface area contributed by atoms with Gasteiger partial charge < -0.3 is 14.4 Å². The summed E-state index contributed by atoms with van der Waals surface area (Å²) in [5, 5.41) is 0.172. The van der Waals surface area contributed by atoms with E-state index in [1.807, 2.05) is 0 Å². The lowest BCUT2D eigenvalue weighted by Gasteiger charge is -2.36. The number of carbonyl (C=O) groups is 1. The van der Waals surface area contributed by atoms with Crippen molar-refractivity contribution >= 4 is 17.4 Å². The summed E-state index contributed by atoms with van der Waals surface area (Å²) in [6, 6.07) is 0. The Morgan fingerprint density at radius 2 is 2.00 bits per heavy atom. The monoisotopic (exact) mass is 259 g/mol. The Morgan fingerprint density at radius 1 is 1.47 bits per heavy atom. The first-order valence-electron chi connectivity index (χ1n) is 5.29. The summed E-state index contributed by atoms with van der Waals surface area (Å²) in [5.74, 6) is -1.77. The van der Waals surface area contributed by atoms with Gasteiger partial charge in [-0.2, -0.15) is 0 Å². The van der Waals surface area contributed by atoms with Crippen LogP contribution in [-0.4, -0.2) is 44.8 Å². The average molecular weight is 260 g/mol. The third kappa shape index (κ3) is 2.01. The van der Waals surface area contributed by atoms with Gasteiger partial charge in [0, 0.05) is 28.3 Å². The molecule has 0 aromatic heterocycles. The van der Waals surface area contributed by atoms with Gasteiger partial charge in [0.05, 0.1) is 11.6 Å². The Hall–Kier alpha value is -0.840. The molecule has 1 atom stereocenters. The largest absolute Gasteiger partial charge is 0.375 e. The highest BCUT2D eigenvalue weighted by Gasteiger charge is 2.55. The van der Waals surface area contributed by atoms with Crippen LogP contribution in [0.15, 0.2) is 23.4 Å². The van der Waals surface area contributed by atoms with E-state index >= 15 is 0 Å². The summed E-state index contributed by atoms with van der Waals surface area (Å²) in [5.41, 5.74) is 0.556. The second-order valence-corrected chi connectivity index (χ2v) is 4.45. The number of allylic oxidation sites excluding steroid dienone is 2. The molecular formula is C12H18ClNO3. The Balaban J connectivity index is 3.34. The predicted octanol–water partition coefficient (Wildman–Crippen LogP) is 1.76. The highest BCUT2D eigenvalue weighted by Crippen LogP contribution is 2.45. The molecule has 5 heteroatoms. The van der Waals surface area contributed by atoms with Crippen molar-refractivity contribution in [3.63, 3.8) is 0 Å². The van der Waals surface area contributed by atoms with Gasteiger partial charge in [-0.05, 0) is 6.42 Å². The quantitative estimate of drug-likeness (QED) is 0.557. The van der Waals surface area contributed by atoms with E-state index in [1.165, 1.54) is 14.2 Å². The van der Waals surface area contributed by atoms with Crippen molar-refractivity contribution in [1.82, 2.24) is 4.90 Å². The number of rotatable bonds is 5. The molecule has 0 saturated heterocycles. The molecule has 0 aromatic rings. The van der Waals surface area contributed by atoms with Crippen molar-refractivity contribution in [2.45, 2.75) is 12.2 Å². The van der Waals surface area contributed by atoms with Crippen LogP contribution in [0, 0.1) is 5.92 Å². The van der Waals surface area contributed by atoms with Crippen LogP contribution < -0.4 is 0 Å². The lowest BCUT2D eigenvalue weighted by molar-refractivity contribution is -0.212. The summed E-state index contributed by atoms with van der Waals surface area (Å²) < 4.78 is 10.9. The summed E-state index contributed by atoms with van der Waals surface area (Å²) in [4.78, 5) is 13.9. The molecule has 1 aliphatic rings. The zero-order valence-electron chi connectivity index (χ0n) is 10.6. The molecule has 1 aliphatic carbocycles. The normalized spacial score (nSPS) is 23.1. The summed E-state index contributed by atoms with van der Waals surface area (Å²) in [6.07, 6.45) is 2.12. The van der Waals surface area contributed by atoms with E-state index < -0.39 is 11.7 Å². The number of hydrogen-bond acceptors (Lipinski definition) is 4. The lowest BCUT2D eigenvalue weighted by atomic mass is 9.95. The van der Waals surface area contributed by atoms with Crippen molar-refractivity contribution in [1.29, 1.82) is 0 Å². The molecule has 17 heavy (non-hydrogen) atoms. The van der Waals surface area contributed by atoms with Gasteiger partial charge in [0.1, 0.15) is 5.03 Å². The Morgan fingerprint density at radius 3 is 2.35 bits per heavy atom. The summed E-state index contributed by atoms with van der Waals surface area (Å²) in [6.45, 7) is 3.65. The second kappa shape index (κ2) is 5.21. The van der Waals surface area contributed by atoms with Crippen molar-refractivity contribution in [2.75, 3.05) is 28.3 Å². The van der Waals surface area contributed by atoms with Crippen LogP contribution in [0.1, 0.15) is 6.42 Å². The van der Waals surface area contributed by atoms with E-state index in [-0.39, 0.29) is 10.8 Å². The number of Topliss-reactive ketones (excluding diaryl/α,β-unsaturated/α-hetero) is 1. The van der Waals surface area contributed by atoms with Crippen LogP contribution in [-0.2, 0) is 14.3 Å². The minimum absolute atomic E-state index is 0.168. The van der Waals surface area contributed by atoms with Crippen LogP contribution in [0.25, 0.3) is 0 Å². The van der Waals surface area contributed by atoms with Gasteiger partial charge in [-0.25, -0.2) is 0 Å². The van der Waals surface area contributed by atoms with Gasteiger partial charge >= 0.3 is 0 Å². The fourth-order valence-electron chi connectivity index (χ4n) is 2.26. The minimum atomic E-state index is -1.12. The SMILES string of the molecule is C=CCC1C(=O)C(Cl)=C(N(C)C)C1(OC)OC. The lowest BCUT2D eigenvalue weighted by Crippen LogP contribution is -2.46. The van der Waals surface area contributed by atoms with E-state index in [1.54, 1.807) is 25.1 Å². The van der Waals surface area contributed by atoms with E-state index in [0.717, 1.165) is 0 Å². The molecular weight excluding hydrogens is 242 g/mol. The third-order valence-corrected chi connectivity index (χ3v) is 3.35. The zero-order chi connectivity index (χ0) is 13.2. The number of ether oxygens (including phenoxy) is 2. The van der Waals surface area contributed by atoms with Gasteiger partial charge in [-0.1, -0.05) is 17.7 Å². The van der Waals surface area contributed by atoms with Gasteiger partial charge in [0.25, 0.3) is 0 Å². The highest BCUT2D eigenvalue weighted by molar-refractivity contribution is 6.44. The van der Waals surface area contributed by atoms with Gasteiger partial charge in [0.15, 0.2) is 5.78 Å². The van der Waals surface area contributed by atoms with Crippen LogP contribution in [0.2, 0.25) is 0 Å². The Kier molecular flexibility index (Phi) is 4.36. The van der Waals surface area contributed by atoms with Crippen molar-refractivity contribution in [2.24, 2.45) is 5.92 Å². The molecule has 0 saturated carbocycles. The molecule has 0 N–H and O–H groups in total. The average Bonchev–Trinajstić information content (AvgIpc) is 2.51. The fraction of sp³-hybridized carbons (Fsp3) is 0.583. The van der Waals surface area contributed by atoms with E-state index in [9.17, 15) is 4.79 Å². The smallest absolute Gasteiger partial charge is 0.221 e. The van der Waals surface area contributed by atoms with Gasteiger partial charge in [-0.15, -0.1) is 6.58 Å². The molecule has 4 nitrogen and oxygen atoms in total. The van der Waals surface area contributed by atoms with E-state index in [0.29, 0.717) is 12.1 Å². The van der Waals surface area contributed by atoms with Gasteiger partial charge in [-0.3, -0.25) is 4.79 Å². The molecule has 0 spiro atoms. The number of hydrogen-bond donors (Lipinski definition) is 0. The maximum atomic E-state index is 12.1. The standard InChI is InChI=1S/C12H18ClNO3/c1-6-7-8-10(15)9(13)11(14(2)3)12(8,16-4)17-5/h6,8H,1,7H2,2-5H3. The van der Waals surface area contributed by atoms with Crippen molar-refractivity contribution < 1.29 is 14.3 Å². The number of carbonyl (C=O) groups excluding carboxylic acids is 1. The van der Waals surface area contributed by atoms with Crippen LogP contribution in [0.3, 0.4) is 0 Å². The first-order chi connectivity index (χ1) is 7.96. The highest BCUT2D eigenvalue weighted by atomic mass is 35.5. The first-order valence-corrected chi connectivity index (χ1v) is 5.67. The maximum absolute atomic E-state index is 12.1. The van der Waals surface area contributed by atoms with Gasteiger partial charge in [0.2, 0.25) is 5.79 Å². The number of nitrogens with zero attached hydrogens (tertiary/aromatic N) is 1. The van der Waals surface area contributed by atoms with Crippen LogP contribution in [0.4, 0.5) is 0 Å². The number of methoxy groups -OCH3 is 2. The minimum Gasteiger partial charge on any atom is -0.375 e. The zero-order valence-corrected chi connectivity index (χ0v) is 11.4. The molecule has 0 bridgehead atoms. The van der Waals surface area contributed by atoms with Crippen molar-refractivity contribution in [3.8, 4) is 0 Å². The predicted molar refractivity (Wildman–Crippen MR) is 66.6 cm³/mol. The summed E-state index contributed by atoms with van der Waals surface area (Å²) >= 11 is 6.09. The summed E-state index contributed by atoms with van der Waals surface area (Å²) in [7, 11) is 6.61. The van der Waals surface area contributed by atoms with Crippen LogP contribution >= 0.6 is 11.6 Å². The Bertz CT molecular complexity index is 359. The fourth-order valence-corrected chi connectivity index (χ4v) is 2.69. The third-order valence-electron chi connectivity index (χ3n) is 2.99. The molecule has 0 aromatic carbocycles.